The van der Waals surface area contributed by atoms with Crippen molar-refractivity contribution in [1.82, 2.24) is 4.90 Å². The highest BCUT2D eigenvalue weighted by Crippen LogP contribution is 2.41. The third-order valence-electron chi connectivity index (χ3n) is 4.87. The van der Waals surface area contributed by atoms with E-state index in [4.69, 9.17) is 24.1 Å². The minimum Gasteiger partial charge on any atom is -0.507 e. The molecule has 0 saturated carbocycles. The summed E-state index contributed by atoms with van der Waals surface area (Å²) in [4.78, 5) is 14.6. The van der Waals surface area contributed by atoms with E-state index < -0.39 is 0 Å². The molecule has 3 rings (SSSR count). The second-order valence-corrected chi connectivity index (χ2v) is 6.96. The average molecular weight is 429 g/mol. The van der Waals surface area contributed by atoms with Crippen LogP contribution in [-0.2, 0) is 0 Å². The highest BCUT2D eigenvalue weighted by Gasteiger charge is 2.20. The van der Waals surface area contributed by atoms with Crippen LogP contribution in [0, 0.1) is 0 Å². The van der Waals surface area contributed by atoms with Crippen LogP contribution in [0.2, 0.25) is 0 Å². The van der Waals surface area contributed by atoms with Crippen LogP contribution >= 0.6 is 0 Å². The molecular formula is C23H27NO7. The zero-order valence-electron chi connectivity index (χ0n) is 17.4. The van der Waals surface area contributed by atoms with E-state index in [9.17, 15) is 9.90 Å². The lowest BCUT2D eigenvalue weighted by atomic mass is 10.1. The van der Waals surface area contributed by atoms with Gasteiger partial charge in [-0.3, -0.25) is 9.69 Å². The molecule has 0 fully saturated rings. The standard InChI is InChI=1S/C23H27NO7/c1-29-22-20(30-13-5-8-24(9-11-25)10-12-26)15-18(28)21-17(27)14-19(31-23(21)22)16-6-3-2-4-7-16/h2-4,6-7,14-15,25-26,28H,5,8-13H2,1H3. The lowest BCUT2D eigenvalue weighted by Gasteiger charge is -2.20. The molecule has 0 amide bonds. The number of fused-ring (bicyclic) bond motifs is 1. The van der Waals surface area contributed by atoms with Crippen LogP contribution in [0.15, 0.2) is 51.7 Å². The molecule has 166 valence electrons. The molecule has 0 radical (unpaired) electrons. The Labute approximate surface area is 179 Å². The van der Waals surface area contributed by atoms with Gasteiger partial charge in [-0.05, 0) is 6.42 Å². The molecule has 1 heterocycles. The minimum atomic E-state index is -0.383. The van der Waals surface area contributed by atoms with Crippen molar-refractivity contribution < 1.29 is 29.2 Å². The Morgan fingerprint density at radius 3 is 2.39 bits per heavy atom. The largest absolute Gasteiger partial charge is 0.507 e. The Balaban J connectivity index is 1.87. The second kappa shape index (κ2) is 10.8. The summed E-state index contributed by atoms with van der Waals surface area (Å²) in [5, 5.41) is 28.6. The SMILES string of the molecule is COc1c(OCCCN(CCO)CCO)cc(O)c2c(=O)cc(-c3ccccc3)oc12. The van der Waals surface area contributed by atoms with E-state index in [-0.39, 0.29) is 46.9 Å². The van der Waals surface area contributed by atoms with Gasteiger partial charge in [0, 0.05) is 37.3 Å². The van der Waals surface area contributed by atoms with Crippen molar-refractivity contribution >= 4 is 11.0 Å². The van der Waals surface area contributed by atoms with Gasteiger partial charge in [0.2, 0.25) is 5.75 Å². The summed E-state index contributed by atoms with van der Waals surface area (Å²) >= 11 is 0. The first-order valence-corrected chi connectivity index (χ1v) is 10.1. The van der Waals surface area contributed by atoms with Gasteiger partial charge in [0.05, 0.1) is 26.9 Å². The molecular weight excluding hydrogens is 402 g/mol. The number of phenols is 1. The lowest BCUT2D eigenvalue weighted by Crippen LogP contribution is -2.31. The number of benzene rings is 2. The number of aliphatic hydroxyl groups excluding tert-OH is 2. The Hall–Kier alpha value is -3.07. The molecule has 0 unspecified atom stereocenters. The summed E-state index contributed by atoms with van der Waals surface area (Å²) in [6.45, 7) is 1.88. The molecule has 0 atom stereocenters. The van der Waals surface area contributed by atoms with Gasteiger partial charge in [0.1, 0.15) is 16.9 Å². The van der Waals surface area contributed by atoms with Crippen LogP contribution in [0.5, 0.6) is 17.2 Å². The van der Waals surface area contributed by atoms with Crippen molar-refractivity contribution in [2.45, 2.75) is 6.42 Å². The maximum atomic E-state index is 12.7. The van der Waals surface area contributed by atoms with E-state index in [1.165, 1.54) is 19.2 Å². The molecule has 3 N–H and O–H groups in total. The van der Waals surface area contributed by atoms with Gasteiger partial charge in [-0.2, -0.15) is 0 Å². The zero-order valence-corrected chi connectivity index (χ0v) is 17.4. The predicted octanol–water partition coefficient (Wildman–Crippen LogP) is 2.23. The van der Waals surface area contributed by atoms with Crippen molar-refractivity contribution in [2.24, 2.45) is 0 Å². The van der Waals surface area contributed by atoms with Crippen LogP contribution in [0.1, 0.15) is 6.42 Å². The molecule has 3 aromatic rings. The molecule has 0 spiro atoms. The van der Waals surface area contributed by atoms with Crippen molar-refractivity contribution in [3.8, 4) is 28.6 Å². The molecule has 0 bridgehead atoms. The second-order valence-electron chi connectivity index (χ2n) is 6.96. The number of hydrogen-bond donors (Lipinski definition) is 3. The van der Waals surface area contributed by atoms with Gasteiger partial charge in [-0.15, -0.1) is 0 Å². The molecule has 2 aromatic carbocycles. The number of nitrogens with zero attached hydrogens (tertiary/aromatic N) is 1. The summed E-state index contributed by atoms with van der Waals surface area (Å²) in [7, 11) is 1.44. The first-order valence-electron chi connectivity index (χ1n) is 10.1. The maximum absolute atomic E-state index is 12.7. The third kappa shape index (κ3) is 5.35. The summed E-state index contributed by atoms with van der Waals surface area (Å²) in [6, 6.07) is 11.9. The number of aliphatic hydroxyl groups is 2. The third-order valence-corrected chi connectivity index (χ3v) is 4.87. The van der Waals surface area contributed by atoms with Gasteiger partial charge >= 0.3 is 0 Å². The molecule has 0 saturated heterocycles. The van der Waals surface area contributed by atoms with E-state index in [0.717, 1.165) is 5.56 Å². The smallest absolute Gasteiger partial charge is 0.205 e. The average Bonchev–Trinajstić information content (AvgIpc) is 2.77. The van der Waals surface area contributed by atoms with Gasteiger partial charge in [0.25, 0.3) is 0 Å². The molecule has 31 heavy (non-hydrogen) atoms. The summed E-state index contributed by atoms with van der Waals surface area (Å²) in [5.74, 6) is 0.597. The van der Waals surface area contributed by atoms with Crippen LogP contribution in [-0.4, -0.2) is 66.8 Å². The molecule has 8 heteroatoms. The van der Waals surface area contributed by atoms with Gasteiger partial charge in [-0.1, -0.05) is 30.3 Å². The molecule has 0 aliphatic carbocycles. The fourth-order valence-electron chi connectivity index (χ4n) is 3.40. The number of phenolic OH excluding ortho intramolecular Hbond substituents is 1. The Morgan fingerprint density at radius 2 is 1.74 bits per heavy atom. The number of hydrogen-bond acceptors (Lipinski definition) is 8. The fraction of sp³-hybridized carbons (Fsp3) is 0.348. The topological polar surface area (TPSA) is 113 Å². The van der Waals surface area contributed by atoms with E-state index in [2.05, 4.69) is 0 Å². The van der Waals surface area contributed by atoms with E-state index >= 15 is 0 Å². The Bertz CT molecular complexity index is 1040. The monoisotopic (exact) mass is 429 g/mol. The number of rotatable bonds is 11. The van der Waals surface area contributed by atoms with Gasteiger partial charge in [-0.25, -0.2) is 0 Å². The first kappa shape index (κ1) is 22.6. The quantitative estimate of drug-likeness (QED) is 0.398. The lowest BCUT2D eigenvalue weighted by molar-refractivity contribution is 0.152. The predicted molar refractivity (Wildman–Crippen MR) is 117 cm³/mol. The highest BCUT2D eigenvalue weighted by molar-refractivity contribution is 5.91. The van der Waals surface area contributed by atoms with Crippen molar-refractivity contribution in [3.05, 3.63) is 52.7 Å². The van der Waals surface area contributed by atoms with Crippen molar-refractivity contribution in [3.63, 3.8) is 0 Å². The van der Waals surface area contributed by atoms with E-state index in [0.29, 0.717) is 38.4 Å². The molecule has 8 nitrogen and oxygen atoms in total. The summed E-state index contributed by atoms with van der Waals surface area (Å²) in [5.41, 5.74) is 0.458. The fourth-order valence-corrected chi connectivity index (χ4v) is 3.40. The minimum absolute atomic E-state index is 0.00993. The normalized spacial score (nSPS) is 11.2. The van der Waals surface area contributed by atoms with Crippen LogP contribution in [0.3, 0.4) is 0 Å². The first-order chi connectivity index (χ1) is 15.1. The highest BCUT2D eigenvalue weighted by atomic mass is 16.5. The van der Waals surface area contributed by atoms with Crippen LogP contribution in [0.25, 0.3) is 22.3 Å². The summed E-state index contributed by atoms with van der Waals surface area (Å²) < 4.78 is 17.2. The molecule has 1 aromatic heterocycles. The summed E-state index contributed by atoms with van der Waals surface area (Å²) in [6.07, 6.45) is 0.621. The van der Waals surface area contributed by atoms with E-state index in [1.54, 1.807) is 0 Å². The molecule has 0 aliphatic rings. The van der Waals surface area contributed by atoms with Gasteiger partial charge < -0.3 is 29.2 Å². The number of methoxy groups -OCH3 is 1. The van der Waals surface area contributed by atoms with Crippen LogP contribution in [0.4, 0.5) is 0 Å². The van der Waals surface area contributed by atoms with Crippen LogP contribution < -0.4 is 14.9 Å². The van der Waals surface area contributed by atoms with E-state index in [1.807, 2.05) is 35.2 Å². The van der Waals surface area contributed by atoms with Gasteiger partial charge in [0.15, 0.2) is 16.8 Å². The number of aromatic hydroxyl groups is 1. The Morgan fingerprint density at radius 1 is 1.03 bits per heavy atom. The maximum Gasteiger partial charge on any atom is 0.205 e. The van der Waals surface area contributed by atoms with Crippen molar-refractivity contribution in [1.29, 1.82) is 0 Å². The zero-order chi connectivity index (χ0) is 22.2. The molecule has 0 aliphatic heterocycles. The Kier molecular flexibility index (Phi) is 7.88. The number of ether oxygens (including phenoxy) is 2. The van der Waals surface area contributed by atoms with Crippen molar-refractivity contribution in [2.75, 3.05) is 46.6 Å².